The molecule has 28 heavy (non-hydrogen) atoms. The number of amides is 1. The van der Waals surface area contributed by atoms with Crippen LogP contribution >= 0.6 is 0 Å². The SMILES string of the molecule is COc1ccc(S(=O)(=O)N(C)C)cc1NC(=O)c1ccc(CS(C)(=O)=O)cc1. The maximum absolute atomic E-state index is 12.5. The highest BCUT2D eigenvalue weighted by Crippen LogP contribution is 2.29. The van der Waals surface area contributed by atoms with Gasteiger partial charge in [-0.15, -0.1) is 0 Å². The molecule has 0 unspecified atom stereocenters. The molecule has 0 saturated heterocycles. The van der Waals surface area contributed by atoms with Crippen molar-refractivity contribution in [3.8, 4) is 5.75 Å². The summed E-state index contributed by atoms with van der Waals surface area (Å²) >= 11 is 0. The summed E-state index contributed by atoms with van der Waals surface area (Å²) in [6.45, 7) is 0. The normalized spacial score (nSPS) is 12.0. The summed E-state index contributed by atoms with van der Waals surface area (Å²) in [5, 5.41) is 2.63. The largest absolute Gasteiger partial charge is 0.495 e. The van der Waals surface area contributed by atoms with Crippen LogP contribution in [0.15, 0.2) is 47.4 Å². The van der Waals surface area contributed by atoms with E-state index in [0.29, 0.717) is 16.9 Å². The zero-order valence-electron chi connectivity index (χ0n) is 16.0. The van der Waals surface area contributed by atoms with Crippen LogP contribution in [0.3, 0.4) is 0 Å². The Morgan fingerprint density at radius 3 is 2.14 bits per heavy atom. The lowest BCUT2D eigenvalue weighted by Crippen LogP contribution is -2.22. The van der Waals surface area contributed by atoms with E-state index in [0.717, 1.165) is 10.6 Å². The maximum Gasteiger partial charge on any atom is 0.255 e. The highest BCUT2D eigenvalue weighted by molar-refractivity contribution is 7.90. The van der Waals surface area contributed by atoms with Gasteiger partial charge in [0.1, 0.15) is 5.75 Å². The summed E-state index contributed by atoms with van der Waals surface area (Å²) < 4.78 is 53.6. The molecule has 0 fully saturated rings. The highest BCUT2D eigenvalue weighted by Gasteiger charge is 2.20. The minimum absolute atomic E-state index is 0.0112. The first kappa shape index (κ1) is 21.9. The Kier molecular flexibility index (Phi) is 6.48. The molecule has 0 aliphatic carbocycles. The second-order valence-electron chi connectivity index (χ2n) is 6.37. The van der Waals surface area contributed by atoms with Gasteiger partial charge in [-0.05, 0) is 35.9 Å². The first-order chi connectivity index (χ1) is 12.9. The monoisotopic (exact) mass is 426 g/mol. The van der Waals surface area contributed by atoms with Gasteiger partial charge in [0.05, 0.1) is 23.4 Å². The Morgan fingerprint density at radius 1 is 1.04 bits per heavy atom. The molecule has 0 aliphatic heterocycles. The molecule has 0 aliphatic rings. The number of nitrogens with one attached hydrogen (secondary N) is 1. The summed E-state index contributed by atoms with van der Waals surface area (Å²) in [7, 11) is -2.62. The van der Waals surface area contributed by atoms with Gasteiger partial charge in [-0.1, -0.05) is 12.1 Å². The number of hydrogen-bond donors (Lipinski definition) is 1. The molecular formula is C18H22N2O6S2. The molecule has 0 aromatic heterocycles. The van der Waals surface area contributed by atoms with E-state index in [1.165, 1.54) is 51.5 Å². The molecule has 0 radical (unpaired) electrons. The number of benzene rings is 2. The van der Waals surface area contributed by atoms with Crippen molar-refractivity contribution in [3.63, 3.8) is 0 Å². The second-order valence-corrected chi connectivity index (χ2v) is 10.7. The van der Waals surface area contributed by atoms with E-state index in [2.05, 4.69) is 5.32 Å². The van der Waals surface area contributed by atoms with Crippen molar-refractivity contribution >= 4 is 31.5 Å². The van der Waals surface area contributed by atoms with E-state index in [-0.39, 0.29) is 16.3 Å². The molecule has 1 amide bonds. The van der Waals surface area contributed by atoms with Crippen molar-refractivity contribution in [2.24, 2.45) is 0 Å². The standard InChI is InChI=1S/C18H22N2O6S2/c1-20(2)28(24,25)15-9-10-17(26-3)16(11-15)19-18(21)14-7-5-13(6-8-14)12-27(4,22)23/h5-11H,12H2,1-4H3,(H,19,21). The van der Waals surface area contributed by atoms with E-state index in [9.17, 15) is 21.6 Å². The zero-order chi connectivity index (χ0) is 21.1. The van der Waals surface area contributed by atoms with Crippen LogP contribution in [0.1, 0.15) is 15.9 Å². The molecule has 8 nitrogen and oxygen atoms in total. The fourth-order valence-electron chi connectivity index (χ4n) is 2.41. The van der Waals surface area contributed by atoms with Crippen molar-refractivity contribution in [1.29, 1.82) is 0 Å². The van der Waals surface area contributed by atoms with Gasteiger partial charge in [-0.3, -0.25) is 4.79 Å². The average molecular weight is 427 g/mol. The van der Waals surface area contributed by atoms with Crippen LogP contribution in [0.5, 0.6) is 5.75 Å². The van der Waals surface area contributed by atoms with Gasteiger partial charge in [0.2, 0.25) is 10.0 Å². The van der Waals surface area contributed by atoms with Crippen molar-refractivity contribution in [1.82, 2.24) is 4.31 Å². The smallest absolute Gasteiger partial charge is 0.255 e. The van der Waals surface area contributed by atoms with E-state index in [1.54, 1.807) is 12.1 Å². The minimum atomic E-state index is -3.68. The predicted octanol–water partition coefficient (Wildman–Crippen LogP) is 1.74. The van der Waals surface area contributed by atoms with Crippen LogP contribution in [0.2, 0.25) is 0 Å². The van der Waals surface area contributed by atoms with Crippen molar-refractivity contribution < 1.29 is 26.4 Å². The molecule has 10 heteroatoms. The summed E-state index contributed by atoms with van der Waals surface area (Å²) in [5.41, 5.74) is 1.06. The second kappa shape index (κ2) is 8.29. The van der Waals surface area contributed by atoms with Gasteiger partial charge in [-0.25, -0.2) is 21.1 Å². The van der Waals surface area contributed by atoms with E-state index < -0.39 is 25.8 Å². The summed E-state index contributed by atoms with van der Waals surface area (Å²) in [6, 6.07) is 10.3. The minimum Gasteiger partial charge on any atom is -0.495 e. The Labute approximate surface area is 165 Å². The van der Waals surface area contributed by atoms with Crippen LogP contribution in [0, 0.1) is 0 Å². The number of carbonyl (C=O) groups is 1. The zero-order valence-corrected chi connectivity index (χ0v) is 17.6. The molecular weight excluding hydrogens is 404 g/mol. The van der Waals surface area contributed by atoms with Crippen LogP contribution < -0.4 is 10.1 Å². The van der Waals surface area contributed by atoms with Gasteiger partial charge in [0.25, 0.3) is 5.91 Å². The van der Waals surface area contributed by atoms with Crippen LogP contribution in [-0.4, -0.2) is 54.5 Å². The molecule has 0 saturated carbocycles. The molecule has 2 aromatic carbocycles. The first-order valence-electron chi connectivity index (χ1n) is 8.12. The lowest BCUT2D eigenvalue weighted by Gasteiger charge is -2.15. The Hall–Kier alpha value is -2.43. The molecule has 152 valence electrons. The van der Waals surface area contributed by atoms with Crippen LogP contribution in [0.25, 0.3) is 0 Å². The number of rotatable bonds is 7. The number of methoxy groups -OCH3 is 1. The lowest BCUT2D eigenvalue weighted by molar-refractivity contribution is 0.102. The topological polar surface area (TPSA) is 110 Å². The third-order valence-electron chi connectivity index (χ3n) is 3.84. The summed E-state index contributed by atoms with van der Waals surface area (Å²) in [4.78, 5) is 12.5. The molecule has 0 bridgehead atoms. The van der Waals surface area contributed by atoms with Crippen molar-refractivity contribution in [3.05, 3.63) is 53.6 Å². The van der Waals surface area contributed by atoms with Gasteiger partial charge < -0.3 is 10.1 Å². The van der Waals surface area contributed by atoms with Crippen LogP contribution in [0.4, 0.5) is 5.69 Å². The molecule has 0 spiro atoms. The third kappa shape index (κ3) is 5.31. The van der Waals surface area contributed by atoms with E-state index >= 15 is 0 Å². The van der Waals surface area contributed by atoms with Crippen LogP contribution in [-0.2, 0) is 25.6 Å². The van der Waals surface area contributed by atoms with Crippen molar-refractivity contribution in [2.45, 2.75) is 10.6 Å². The summed E-state index contributed by atoms with van der Waals surface area (Å²) in [5.74, 6) is -0.295. The number of sulfonamides is 1. The predicted molar refractivity (Wildman–Crippen MR) is 107 cm³/mol. The molecule has 0 heterocycles. The molecule has 1 N–H and O–H groups in total. The van der Waals surface area contributed by atoms with Gasteiger partial charge in [0.15, 0.2) is 9.84 Å². The summed E-state index contributed by atoms with van der Waals surface area (Å²) in [6.07, 6.45) is 1.13. The number of nitrogens with zero attached hydrogens (tertiary/aromatic N) is 1. The van der Waals surface area contributed by atoms with Gasteiger partial charge >= 0.3 is 0 Å². The maximum atomic E-state index is 12.5. The van der Waals surface area contributed by atoms with Gasteiger partial charge in [0, 0.05) is 25.9 Å². The van der Waals surface area contributed by atoms with Gasteiger partial charge in [-0.2, -0.15) is 0 Å². The fraction of sp³-hybridized carbons (Fsp3) is 0.278. The highest BCUT2D eigenvalue weighted by atomic mass is 32.2. The lowest BCUT2D eigenvalue weighted by atomic mass is 10.1. The quantitative estimate of drug-likeness (QED) is 0.722. The third-order valence-corrected chi connectivity index (χ3v) is 6.51. The first-order valence-corrected chi connectivity index (χ1v) is 11.6. The molecule has 2 rings (SSSR count). The Bertz CT molecular complexity index is 1080. The average Bonchev–Trinajstić information content (AvgIpc) is 2.60. The number of carbonyl (C=O) groups excluding carboxylic acids is 1. The fourth-order valence-corrected chi connectivity index (χ4v) is 4.13. The molecule has 2 aromatic rings. The number of sulfone groups is 1. The Balaban J connectivity index is 2.30. The number of ether oxygens (including phenoxy) is 1. The van der Waals surface area contributed by atoms with Crippen molar-refractivity contribution in [2.75, 3.05) is 32.8 Å². The van der Waals surface area contributed by atoms with E-state index in [4.69, 9.17) is 4.74 Å². The number of hydrogen-bond acceptors (Lipinski definition) is 6. The molecule has 0 atom stereocenters. The van der Waals surface area contributed by atoms with E-state index in [1.807, 2.05) is 0 Å². The number of anilines is 1. The Morgan fingerprint density at radius 2 is 1.64 bits per heavy atom.